The van der Waals surface area contributed by atoms with Gasteiger partial charge in [0.05, 0.1) is 17.0 Å². The van der Waals surface area contributed by atoms with Crippen molar-refractivity contribution >= 4 is 28.5 Å². The highest BCUT2D eigenvalue weighted by Crippen LogP contribution is 2.39. The lowest BCUT2D eigenvalue weighted by Crippen LogP contribution is -2.32. The maximum absolute atomic E-state index is 13.5. The van der Waals surface area contributed by atoms with E-state index in [1.54, 1.807) is 23.1 Å². The van der Waals surface area contributed by atoms with Crippen LogP contribution in [0, 0.1) is 0 Å². The second-order valence-electron chi connectivity index (χ2n) is 9.74. The van der Waals surface area contributed by atoms with E-state index >= 15 is 0 Å². The van der Waals surface area contributed by atoms with E-state index in [1.165, 1.54) is 5.56 Å². The molecule has 4 rings (SSSR count). The average Bonchev–Trinajstić information content (AvgIpc) is 3.00. The maximum Gasteiger partial charge on any atom is 0.290 e. The predicted octanol–water partition coefficient (Wildman–Crippen LogP) is 5.24. The minimum absolute atomic E-state index is 0.0132. The van der Waals surface area contributed by atoms with Crippen molar-refractivity contribution in [2.45, 2.75) is 38.6 Å². The molecule has 2 aromatic carbocycles. The Labute approximate surface area is 193 Å². The maximum atomic E-state index is 13.5. The fourth-order valence-electron chi connectivity index (χ4n) is 4.29. The zero-order chi connectivity index (χ0) is 23.2. The zero-order valence-electron chi connectivity index (χ0n) is 19.2. The van der Waals surface area contributed by atoms with Crippen LogP contribution >= 0.6 is 11.6 Å². The molecule has 0 saturated carbocycles. The van der Waals surface area contributed by atoms with E-state index in [0.717, 1.165) is 18.5 Å². The molecule has 6 heteroatoms. The number of rotatable bonds is 5. The van der Waals surface area contributed by atoms with Gasteiger partial charge in [-0.05, 0) is 61.8 Å². The first-order valence-electron chi connectivity index (χ1n) is 10.9. The van der Waals surface area contributed by atoms with Crippen molar-refractivity contribution in [2.75, 3.05) is 27.2 Å². The van der Waals surface area contributed by atoms with Gasteiger partial charge in [0.1, 0.15) is 5.58 Å². The van der Waals surface area contributed by atoms with Gasteiger partial charge in [0, 0.05) is 11.6 Å². The van der Waals surface area contributed by atoms with Crippen molar-refractivity contribution in [1.82, 2.24) is 9.80 Å². The Balaban J connectivity index is 1.86. The van der Waals surface area contributed by atoms with Crippen LogP contribution in [-0.4, -0.2) is 42.9 Å². The third kappa shape index (κ3) is 4.07. The van der Waals surface area contributed by atoms with E-state index < -0.39 is 6.04 Å². The average molecular weight is 453 g/mol. The molecule has 0 N–H and O–H groups in total. The Morgan fingerprint density at radius 1 is 1.06 bits per heavy atom. The molecule has 0 aliphatic carbocycles. The molecule has 0 unspecified atom stereocenters. The summed E-state index contributed by atoms with van der Waals surface area (Å²) in [7, 11) is 4.01. The second kappa shape index (κ2) is 8.38. The minimum Gasteiger partial charge on any atom is -0.450 e. The molecular formula is C26H29ClN2O3. The molecule has 1 atom stereocenters. The highest BCUT2D eigenvalue weighted by molar-refractivity contribution is 6.31. The van der Waals surface area contributed by atoms with Gasteiger partial charge in [-0.3, -0.25) is 9.59 Å². The van der Waals surface area contributed by atoms with Crippen molar-refractivity contribution in [1.29, 1.82) is 0 Å². The van der Waals surface area contributed by atoms with Gasteiger partial charge in [-0.2, -0.15) is 0 Å². The highest BCUT2D eigenvalue weighted by Gasteiger charge is 2.42. The summed E-state index contributed by atoms with van der Waals surface area (Å²) in [5, 5.41) is 0.860. The molecule has 0 fully saturated rings. The summed E-state index contributed by atoms with van der Waals surface area (Å²) < 4.78 is 5.98. The summed E-state index contributed by atoms with van der Waals surface area (Å²) >= 11 is 6.15. The Morgan fingerprint density at radius 3 is 2.38 bits per heavy atom. The van der Waals surface area contributed by atoms with Crippen LogP contribution in [0.3, 0.4) is 0 Å². The van der Waals surface area contributed by atoms with E-state index in [9.17, 15) is 9.59 Å². The molecule has 0 bridgehead atoms. The molecule has 0 radical (unpaired) electrons. The molecule has 0 saturated heterocycles. The third-order valence-corrected chi connectivity index (χ3v) is 6.26. The first-order chi connectivity index (χ1) is 15.1. The van der Waals surface area contributed by atoms with Crippen LogP contribution < -0.4 is 5.43 Å². The number of carbonyl (C=O) groups excluding carboxylic acids is 1. The number of hydrogen-bond acceptors (Lipinski definition) is 4. The van der Waals surface area contributed by atoms with Gasteiger partial charge in [-0.25, -0.2) is 0 Å². The molecule has 1 aliphatic rings. The molecule has 0 spiro atoms. The molecule has 1 aromatic heterocycles. The molecule has 5 nitrogen and oxygen atoms in total. The van der Waals surface area contributed by atoms with Crippen molar-refractivity contribution in [3.8, 4) is 0 Å². The van der Waals surface area contributed by atoms with Gasteiger partial charge in [0.25, 0.3) is 5.91 Å². The van der Waals surface area contributed by atoms with E-state index in [1.807, 2.05) is 26.2 Å². The van der Waals surface area contributed by atoms with Gasteiger partial charge in [-0.1, -0.05) is 56.6 Å². The van der Waals surface area contributed by atoms with Gasteiger partial charge >= 0.3 is 0 Å². The number of carbonyl (C=O) groups is 1. The number of amides is 1. The normalized spacial score (nSPS) is 16.3. The van der Waals surface area contributed by atoms with Crippen molar-refractivity contribution in [2.24, 2.45) is 0 Å². The second-order valence-corrected chi connectivity index (χ2v) is 10.2. The topological polar surface area (TPSA) is 53.8 Å². The van der Waals surface area contributed by atoms with Crippen LogP contribution in [0.2, 0.25) is 5.02 Å². The fraction of sp³-hybridized carbons (Fsp3) is 0.385. The third-order valence-electron chi connectivity index (χ3n) is 6.02. The molecule has 168 valence electrons. The smallest absolute Gasteiger partial charge is 0.290 e. The largest absolute Gasteiger partial charge is 0.450 e. The van der Waals surface area contributed by atoms with Crippen LogP contribution in [0.1, 0.15) is 60.5 Å². The Kier molecular flexibility index (Phi) is 5.91. The Bertz CT molecular complexity index is 1220. The number of fused-ring (bicyclic) bond motifs is 2. The van der Waals surface area contributed by atoms with E-state index in [-0.39, 0.29) is 22.5 Å². The number of benzene rings is 2. The zero-order valence-corrected chi connectivity index (χ0v) is 20.0. The summed E-state index contributed by atoms with van der Waals surface area (Å²) in [5.74, 6) is -0.0998. The summed E-state index contributed by atoms with van der Waals surface area (Å²) in [4.78, 5) is 30.8. The summed E-state index contributed by atoms with van der Waals surface area (Å²) in [6.45, 7) is 7.86. The predicted molar refractivity (Wildman–Crippen MR) is 129 cm³/mol. The summed E-state index contributed by atoms with van der Waals surface area (Å²) in [6, 6.07) is 12.6. The lowest BCUT2D eigenvalue weighted by atomic mass is 9.86. The van der Waals surface area contributed by atoms with Crippen LogP contribution in [0.15, 0.2) is 51.7 Å². The van der Waals surface area contributed by atoms with Gasteiger partial charge in [-0.15, -0.1) is 0 Å². The molecule has 1 aliphatic heterocycles. The lowest BCUT2D eigenvalue weighted by molar-refractivity contribution is 0.0722. The van der Waals surface area contributed by atoms with Gasteiger partial charge in [0.15, 0.2) is 5.43 Å². The van der Waals surface area contributed by atoms with Crippen LogP contribution in [-0.2, 0) is 5.41 Å². The molecular weight excluding hydrogens is 424 g/mol. The quantitative estimate of drug-likeness (QED) is 0.531. The standard InChI is InChI=1S/C26H29ClN2O3/c1-26(2,3)17-9-7-16(8-10-17)22-21-23(30)19-15-18(27)11-12-20(19)32-24(21)25(31)29(22)14-6-13-28(4)5/h7-12,15,22H,6,13-14H2,1-5H3/t22-/m1/s1. The van der Waals surface area contributed by atoms with Crippen LogP contribution in [0.4, 0.5) is 0 Å². The highest BCUT2D eigenvalue weighted by atomic mass is 35.5. The van der Waals surface area contributed by atoms with Crippen molar-refractivity contribution in [3.05, 3.63) is 80.2 Å². The van der Waals surface area contributed by atoms with Gasteiger partial charge in [0.2, 0.25) is 5.76 Å². The molecule has 3 aromatic rings. The van der Waals surface area contributed by atoms with Crippen LogP contribution in [0.25, 0.3) is 11.0 Å². The number of nitrogens with zero attached hydrogens (tertiary/aromatic N) is 2. The molecule has 2 heterocycles. The Hall–Kier alpha value is -2.63. The van der Waals surface area contributed by atoms with Gasteiger partial charge < -0.3 is 14.2 Å². The lowest BCUT2D eigenvalue weighted by Gasteiger charge is -2.26. The number of hydrogen-bond donors (Lipinski definition) is 0. The SMILES string of the molecule is CN(C)CCCN1C(=O)c2oc3ccc(Cl)cc3c(=O)c2[C@H]1c1ccc(C(C)(C)C)cc1. The van der Waals surface area contributed by atoms with E-state index in [0.29, 0.717) is 28.1 Å². The van der Waals surface area contributed by atoms with E-state index in [2.05, 4.69) is 37.8 Å². The van der Waals surface area contributed by atoms with Crippen LogP contribution in [0.5, 0.6) is 0 Å². The fourth-order valence-corrected chi connectivity index (χ4v) is 4.46. The molecule has 1 amide bonds. The number of halogens is 1. The first kappa shape index (κ1) is 22.6. The Morgan fingerprint density at radius 2 is 1.75 bits per heavy atom. The van der Waals surface area contributed by atoms with Crippen molar-refractivity contribution in [3.63, 3.8) is 0 Å². The minimum atomic E-state index is -0.478. The first-order valence-corrected chi connectivity index (χ1v) is 11.3. The monoisotopic (exact) mass is 452 g/mol. The summed E-state index contributed by atoms with van der Waals surface area (Å²) in [5.41, 5.74) is 2.70. The van der Waals surface area contributed by atoms with Crippen molar-refractivity contribution < 1.29 is 9.21 Å². The molecule has 32 heavy (non-hydrogen) atoms. The van der Waals surface area contributed by atoms with E-state index in [4.69, 9.17) is 16.0 Å². The summed E-state index contributed by atoms with van der Waals surface area (Å²) in [6.07, 6.45) is 0.794.